The van der Waals surface area contributed by atoms with Gasteiger partial charge in [-0.05, 0) is 46.1 Å². The van der Waals surface area contributed by atoms with E-state index in [0.29, 0.717) is 24.8 Å². The van der Waals surface area contributed by atoms with Crippen LogP contribution in [0.4, 0.5) is 10.6 Å². The lowest BCUT2D eigenvalue weighted by Gasteiger charge is -2.26. The number of amides is 2. The highest BCUT2D eigenvalue weighted by molar-refractivity contribution is 5.88. The standard InChI is InChI=1S/C16H26N4O3/c1-12(2)23-14-7-6-13(18-19-14)17-15(21)20-10-5-8-16(3,22-4)9-11-20/h6-7,12H,5,8-11H2,1-4H3,(H,17,18,21)/t16-/m1/s1. The molecule has 0 bridgehead atoms. The Kier molecular flexibility index (Phi) is 5.76. The minimum Gasteiger partial charge on any atom is -0.474 e. The van der Waals surface area contributed by atoms with Crippen molar-refractivity contribution in [1.82, 2.24) is 15.1 Å². The van der Waals surface area contributed by atoms with Gasteiger partial charge in [0, 0.05) is 26.3 Å². The number of urea groups is 1. The number of anilines is 1. The third-order valence-corrected chi connectivity index (χ3v) is 4.06. The molecule has 0 aromatic carbocycles. The van der Waals surface area contributed by atoms with E-state index in [1.165, 1.54) is 0 Å². The minimum atomic E-state index is -0.155. The van der Waals surface area contributed by atoms with E-state index in [9.17, 15) is 4.79 Å². The largest absolute Gasteiger partial charge is 0.474 e. The van der Waals surface area contributed by atoms with Crippen molar-refractivity contribution in [2.45, 2.75) is 51.7 Å². The summed E-state index contributed by atoms with van der Waals surface area (Å²) in [5.74, 6) is 0.869. The Bertz CT molecular complexity index is 521. The van der Waals surface area contributed by atoms with E-state index < -0.39 is 0 Å². The van der Waals surface area contributed by atoms with E-state index in [-0.39, 0.29) is 17.7 Å². The van der Waals surface area contributed by atoms with Gasteiger partial charge < -0.3 is 14.4 Å². The Morgan fingerprint density at radius 1 is 1.30 bits per heavy atom. The molecule has 0 saturated carbocycles. The van der Waals surface area contributed by atoms with Gasteiger partial charge in [-0.15, -0.1) is 10.2 Å². The molecule has 0 radical (unpaired) electrons. The molecule has 0 aliphatic carbocycles. The van der Waals surface area contributed by atoms with Gasteiger partial charge in [0.1, 0.15) is 0 Å². The van der Waals surface area contributed by atoms with Crippen molar-refractivity contribution in [2.24, 2.45) is 0 Å². The molecule has 7 nitrogen and oxygen atoms in total. The summed E-state index contributed by atoms with van der Waals surface area (Å²) in [6.07, 6.45) is 2.74. The number of hydrogen-bond acceptors (Lipinski definition) is 5. The smallest absolute Gasteiger partial charge is 0.323 e. The van der Waals surface area contributed by atoms with Crippen molar-refractivity contribution >= 4 is 11.8 Å². The third-order valence-electron chi connectivity index (χ3n) is 4.06. The second kappa shape index (κ2) is 7.59. The van der Waals surface area contributed by atoms with Crippen molar-refractivity contribution < 1.29 is 14.3 Å². The first-order chi connectivity index (χ1) is 10.9. The van der Waals surface area contributed by atoms with Crippen molar-refractivity contribution in [2.75, 3.05) is 25.5 Å². The molecule has 7 heteroatoms. The maximum atomic E-state index is 12.4. The lowest BCUT2D eigenvalue weighted by molar-refractivity contribution is -0.00492. The van der Waals surface area contributed by atoms with Crippen LogP contribution in [0.3, 0.4) is 0 Å². The lowest BCUT2D eigenvalue weighted by atomic mass is 9.97. The van der Waals surface area contributed by atoms with Gasteiger partial charge in [0.25, 0.3) is 0 Å². The number of aromatic nitrogens is 2. The number of hydrogen-bond donors (Lipinski definition) is 1. The van der Waals surface area contributed by atoms with E-state index in [1.54, 1.807) is 24.1 Å². The highest BCUT2D eigenvalue weighted by Crippen LogP contribution is 2.25. The van der Waals surface area contributed by atoms with Crippen molar-refractivity contribution in [1.29, 1.82) is 0 Å². The SMILES string of the molecule is CO[C@]1(C)CCCN(C(=O)Nc2ccc(OC(C)C)nn2)CC1. The summed E-state index contributed by atoms with van der Waals surface area (Å²) < 4.78 is 11.0. The fourth-order valence-electron chi connectivity index (χ4n) is 2.54. The Morgan fingerprint density at radius 3 is 2.70 bits per heavy atom. The van der Waals surface area contributed by atoms with Gasteiger partial charge >= 0.3 is 6.03 Å². The molecule has 1 N–H and O–H groups in total. The Labute approximate surface area is 137 Å². The molecule has 2 heterocycles. The number of carbonyl (C=O) groups excluding carboxylic acids is 1. The van der Waals surface area contributed by atoms with Crippen LogP contribution in [0.5, 0.6) is 5.88 Å². The minimum absolute atomic E-state index is 0.0388. The zero-order valence-electron chi connectivity index (χ0n) is 14.3. The Balaban J connectivity index is 1.91. The molecule has 0 spiro atoms. The molecular weight excluding hydrogens is 296 g/mol. The van der Waals surface area contributed by atoms with Crippen LogP contribution in [0, 0.1) is 0 Å². The third kappa shape index (κ3) is 5.06. The van der Waals surface area contributed by atoms with Gasteiger partial charge in [0.2, 0.25) is 5.88 Å². The number of methoxy groups -OCH3 is 1. The summed E-state index contributed by atoms with van der Waals surface area (Å²) >= 11 is 0. The molecule has 1 aromatic rings. The van der Waals surface area contributed by atoms with Gasteiger partial charge in [0.05, 0.1) is 11.7 Å². The average Bonchev–Trinajstić information content (AvgIpc) is 2.71. The summed E-state index contributed by atoms with van der Waals surface area (Å²) in [4.78, 5) is 14.2. The zero-order chi connectivity index (χ0) is 16.9. The van der Waals surface area contributed by atoms with Crippen LogP contribution in [-0.2, 0) is 4.74 Å². The summed E-state index contributed by atoms with van der Waals surface area (Å²) in [6.45, 7) is 7.31. The maximum Gasteiger partial charge on any atom is 0.323 e. The molecule has 1 aromatic heterocycles. The number of carbonyl (C=O) groups is 1. The van der Waals surface area contributed by atoms with Crippen LogP contribution < -0.4 is 10.1 Å². The van der Waals surface area contributed by atoms with Crippen molar-refractivity contribution in [3.8, 4) is 5.88 Å². The van der Waals surface area contributed by atoms with Crippen LogP contribution in [0.2, 0.25) is 0 Å². The number of nitrogens with one attached hydrogen (secondary N) is 1. The maximum absolute atomic E-state index is 12.4. The van der Waals surface area contributed by atoms with Crippen molar-refractivity contribution in [3.05, 3.63) is 12.1 Å². The predicted octanol–water partition coefficient (Wildman–Crippen LogP) is 2.69. The summed E-state index contributed by atoms with van der Waals surface area (Å²) in [7, 11) is 1.73. The zero-order valence-corrected chi connectivity index (χ0v) is 14.3. The molecule has 128 valence electrons. The van der Waals surface area contributed by atoms with Crippen LogP contribution >= 0.6 is 0 Å². The highest BCUT2D eigenvalue weighted by Gasteiger charge is 2.29. The molecule has 1 saturated heterocycles. The van der Waals surface area contributed by atoms with E-state index >= 15 is 0 Å². The fraction of sp³-hybridized carbons (Fsp3) is 0.688. The summed E-state index contributed by atoms with van der Waals surface area (Å²) in [5.41, 5.74) is -0.148. The van der Waals surface area contributed by atoms with Crippen LogP contribution in [0.1, 0.15) is 40.0 Å². The molecule has 1 fully saturated rings. The molecule has 23 heavy (non-hydrogen) atoms. The molecule has 1 atom stereocenters. The number of nitrogens with zero attached hydrogens (tertiary/aromatic N) is 3. The fourth-order valence-corrected chi connectivity index (χ4v) is 2.54. The molecule has 2 rings (SSSR count). The van der Waals surface area contributed by atoms with Crippen LogP contribution in [0.15, 0.2) is 12.1 Å². The van der Waals surface area contributed by atoms with Crippen LogP contribution in [0.25, 0.3) is 0 Å². The molecule has 0 unspecified atom stereocenters. The van der Waals surface area contributed by atoms with Crippen LogP contribution in [-0.4, -0.2) is 53.0 Å². The number of ether oxygens (including phenoxy) is 2. The quantitative estimate of drug-likeness (QED) is 0.922. The van der Waals surface area contributed by atoms with Gasteiger partial charge in [-0.3, -0.25) is 5.32 Å². The van der Waals surface area contributed by atoms with E-state index in [0.717, 1.165) is 19.3 Å². The first-order valence-electron chi connectivity index (χ1n) is 8.03. The van der Waals surface area contributed by atoms with Crippen molar-refractivity contribution in [3.63, 3.8) is 0 Å². The lowest BCUT2D eigenvalue weighted by Crippen LogP contribution is -2.37. The van der Waals surface area contributed by atoms with Gasteiger partial charge in [-0.1, -0.05) is 0 Å². The van der Waals surface area contributed by atoms with E-state index in [1.807, 2.05) is 13.8 Å². The summed E-state index contributed by atoms with van der Waals surface area (Å²) in [6, 6.07) is 3.24. The predicted molar refractivity (Wildman–Crippen MR) is 87.7 cm³/mol. The second-order valence-electron chi connectivity index (χ2n) is 6.35. The first-order valence-corrected chi connectivity index (χ1v) is 8.03. The summed E-state index contributed by atoms with van der Waals surface area (Å²) in [5, 5.41) is 10.7. The molecule has 1 aliphatic heterocycles. The average molecular weight is 322 g/mol. The Morgan fingerprint density at radius 2 is 2.09 bits per heavy atom. The topological polar surface area (TPSA) is 76.6 Å². The molecule has 2 amide bonds. The second-order valence-corrected chi connectivity index (χ2v) is 6.35. The first kappa shape index (κ1) is 17.5. The van der Waals surface area contributed by atoms with Gasteiger partial charge in [-0.2, -0.15) is 0 Å². The number of likely N-dealkylation sites (tertiary alicyclic amines) is 1. The number of rotatable bonds is 4. The highest BCUT2D eigenvalue weighted by atomic mass is 16.5. The Hall–Kier alpha value is -1.89. The van der Waals surface area contributed by atoms with E-state index in [2.05, 4.69) is 22.4 Å². The van der Waals surface area contributed by atoms with Gasteiger partial charge in [0.15, 0.2) is 5.82 Å². The van der Waals surface area contributed by atoms with E-state index in [4.69, 9.17) is 9.47 Å². The van der Waals surface area contributed by atoms with Gasteiger partial charge in [-0.25, -0.2) is 4.79 Å². The monoisotopic (exact) mass is 322 g/mol. The normalized spacial score (nSPS) is 21.9. The molecule has 1 aliphatic rings. The molecular formula is C16H26N4O3.